The number of hydrogen-bond acceptors (Lipinski definition) is 0. The Morgan fingerprint density at radius 1 is 0.688 bits per heavy atom. The molecule has 0 aromatic carbocycles. The van der Waals surface area contributed by atoms with Crippen LogP contribution in [0.3, 0.4) is 0 Å². The summed E-state index contributed by atoms with van der Waals surface area (Å²) in [7, 11) is 0. The Morgan fingerprint density at radius 2 is 1.19 bits per heavy atom. The van der Waals surface area contributed by atoms with Crippen molar-refractivity contribution in [2.45, 2.75) is 72.6 Å². The van der Waals surface area contributed by atoms with Gasteiger partial charge in [0.2, 0.25) is 0 Å². The van der Waals surface area contributed by atoms with Crippen LogP contribution >= 0.6 is 15.9 Å². The van der Waals surface area contributed by atoms with Crippen molar-refractivity contribution in [1.29, 1.82) is 0 Å². The van der Waals surface area contributed by atoms with Gasteiger partial charge in [0, 0.05) is 5.33 Å². The van der Waals surface area contributed by atoms with Crippen LogP contribution in [0.2, 0.25) is 0 Å². The molecule has 0 nitrogen and oxygen atoms in total. The maximum Gasteiger partial charge on any atom is 0.00314 e. The molecule has 16 heavy (non-hydrogen) atoms. The average Bonchev–Trinajstić information content (AvgIpc) is 2.23. The van der Waals surface area contributed by atoms with Gasteiger partial charge in [0.25, 0.3) is 0 Å². The van der Waals surface area contributed by atoms with Crippen LogP contribution < -0.4 is 0 Å². The zero-order chi connectivity index (χ0) is 12.4. The fourth-order valence-electron chi connectivity index (χ4n) is 2.15. The number of halogens is 1. The third-order valence-electron chi connectivity index (χ3n) is 3.46. The molecule has 0 spiro atoms. The molecule has 1 heteroatoms. The van der Waals surface area contributed by atoms with Gasteiger partial charge in [-0.3, -0.25) is 0 Å². The summed E-state index contributed by atoms with van der Waals surface area (Å²) in [6.07, 6.45) is 9.86. The molecule has 0 saturated heterocycles. The first-order chi connectivity index (χ1) is 7.56. The smallest absolute Gasteiger partial charge is 0.00314 e. The second-order valence-electron chi connectivity index (χ2n) is 5.94. The van der Waals surface area contributed by atoms with E-state index in [-0.39, 0.29) is 0 Å². The highest BCUT2D eigenvalue weighted by Crippen LogP contribution is 2.20. The van der Waals surface area contributed by atoms with Gasteiger partial charge in [-0.2, -0.15) is 0 Å². The van der Waals surface area contributed by atoms with E-state index in [1.807, 2.05) is 0 Å². The van der Waals surface area contributed by atoms with Crippen molar-refractivity contribution in [2.24, 2.45) is 17.8 Å². The molecule has 0 aliphatic carbocycles. The normalized spacial score (nSPS) is 15.4. The van der Waals surface area contributed by atoms with Crippen LogP contribution in [0.25, 0.3) is 0 Å². The first kappa shape index (κ1) is 16.5. The molecule has 0 amide bonds. The summed E-state index contributed by atoms with van der Waals surface area (Å²) >= 11 is 3.50. The Hall–Kier alpha value is 0.480. The summed E-state index contributed by atoms with van der Waals surface area (Å²) in [4.78, 5) is 0. The van der Waals surface area contributed by atoms with Gasteiger partial charge < -0.3 is 0 Å². The van der Waals surface area contributed by atoms with E-state index in [1.165, 1.54) is 50.3 Å². The molecule has 0 aliphatic rings. The molecule has 0 saturated carbocycles. The maximum absolute atomic E-state index is 3.50. The van der Waals surface area contributed by atoms with Gasteiger partial charge in [0.1, 0.15) is 0 Å². The van der Waals surface area contributed by atoms with E-state index in [9.17, 15) is 0 Å². The van der Waals surface area contributed by atoms with E-state index in [0.29, 0.717) is 0 Å². The maximum atomic E-state index is 3.50. The summed E-state index contributed by atoms with van der Waals surface area (Å²) < 4.78 is 0. The van der Waals surface area contributed by atoms with Gasteiger partial charge in [-0.05, 0) is 30.6 Å². The Balaban J connectivity index is 3.35. The second kappa shape index (κ2) is 10.6. The minimum atomic E-state index is 0.875. The summed E-state index contributed by atoms with van der Waals surface area (Å²) in [6, 6.07) is 0. The molecule has 0 rings (SSSR count). The predicted octanol–water partition coefficient (Wildman–Crippen LogP) is 6.04. The standard InChI is InChI=1S/C15H31Br/c1-13(2)10-11-15(4)8-5-7-14(3)9-6-12-16/h13-15H,5-12H2,1-4H3. The van der Waals surface area contributed by atoms with Crippen molar-refractivity contribution in [3.8, 4) is 0 Å². The molecule has 0 aliphatic heterocycles. The monoisotopic (exact) mass is 290 g/mol. The van der Waals surface area contributed by atoms with Crippen LogP contribution in [0.5, 0.6) is 0 Å². The van der Waals surface area contributed by atoms with Crippen LogP contribution in [0.15, 0.2) is 0 Å². The molecule has 0 N–H and O–H groups in total. The largest absolute Gasteiger partial charge is 0.0928 e. The van der Waals surface area contributed by atoms with E-state index in [0.717, 1.165) is 17.8 Å². The van der Waals surface area contributed by atoms with E-state index in [2.05, 4.69) is 43.6 Å². The second-order valence-corrected chi connectivity index (χ2v) is 6.74. The lowest BCUT2D eigenvalue weighted by molar-refractivity contribution is 0.386. The Labute approximate surface area is 112 Å². The molecule has 0 aromatic heterocycles. The number of rotatable bonds is 10. The third-order valence-corrected chi connectivity index (χ3v) is 4.02. The van der Waals surface area contributed by atoms with E-state index >= 15 is 0 Å². The Bertz CT molecular complexity index is 142. The van der Waals surface area contributed by atoms with Crippen molar-refractivity contribution in [1.82, 2.24) is 0 Å². The zero-order valence-electron chi connectivity index (χ0n) is 11.8. The van der Waals surface area contributed by atoms with Crippen LogP contribution in [-0.2, 0) is 0 Å². The molecule has 2 atom stereocenters. The minimum Gasteiger partial charge on any atom is -0.0928 e. The topological polar surface area (TPSA) is 0 Å². The van der Waals surface area contributed by atoms with Crippen molar-refractivity contribution in [3.63, 3.8) is 0 Å². The van der Waals surface area contributed by atoms with E-state index in [4.69, 9.17) is 0 Å². The Morgan fingerprint density at radius 3 is 1.69 bits per heavy atom. The lowest BCUT2D eigenvalue weighted by Gasteiger charge is -2.15. The van der Waals surface area contributed by atoms with Crippen LogP contribution in [0.4, 0.5) is 0 Å². The number of alkyl halides is 1. The lowest BCUT2D eigenvalue weighted by atomic mass is 9.92. The van der Waals surface area contributed by atoms with E-state index in [1.54, 1.807) is 0 Å². The highest BCUT2D eigenvalue weighted by molar-refractivity contribution is 9.09. The molecular formula is C15H31Br. The van der Waals surface area contributed by atoms with Crippen LogP contribution in [0.1, 0.15) is 72.6 Å². The quantitative estimate of drug-likeness (QED) is 0.430. The fraction of sp³-hybridized carbons (Fsp3) is 1.00. The molecule has 0 radical (unpaired) electrons. The van der Waals surface area contributed by atoms with Crippen molar-refractivity contribution in [2.75, 3.05) is 5.33 Å². The van der Waals surface area contributed by atoms with Crippen LogP contribution in [-0.4, -0.2) is 5.33 Å². The van der Waals surface area contributed by atoms with Crippen LogP contribution in [0, 0.1) is 17.8 Å². The first-order valence-corrected chi connectivity index (χ1v) is 8.24. The fourth-order valence-corrected chi connectivity index (χ4v) is 2.47. The highest BCUT2D eigenvalue weighted by atomic mass is 79.9. The average molecular weight is 291 g/mol. The van der Waals surface area contributed by atoms with Gasteiger partial charge in [0.05, 0.1) is 0 Å². The molecule has 0 fully saturated rings. The summed E-state index contributed by atoms with van der Waals surface area (Å²) in [5.41, 5.74) is 0. The van der Waals surface area contributed by atoms with Crippen molar-refractivity contribution >= 4 is 15.9 Å². The van der Waals surface area contributed by atoms with Crippen molar-refractivity contribution < 1.29 is 0 Å². The summed E-state index contributed by atoms with van der Waals surface area (Å²) in [5.74, 6) is 2.74. The predicted molar refractivity (Wildman–Crippen MR) is 79.3 cm³/mol. The van der Waals surface area contributed by atoms with E-state index < -0.39 is 0 Å². The first-order valence-electron chi connectivity index (χ1n) is 7.12. The molecule has 0 heterocycles. The minimum absolute atomic E-state index is 0.875. The van der Waals surface area contributed by atoms with Crippen molar-refractivity contribution in [3.05, 3.63) is 0 Å². The number of hydrogen-bond donors (Lipinski definition) is 0. The zero-order valence-corrected chi connectivity index (χ0v) is 13.4. The van der Waals surface area contributed by atoms with Gasteiger partial charge >= 0.3 is 0 Å². The van der Waals surface area contributed by atoms with Gasteiger partial charge in [-0.25, -0.2) is 0 Å². The highest BCUT2D eigenvalue weighted by Gasteiger charge is 2.06. The SMILES string of the molecule is CC(C)CCC(C)CCCC(C)CCCBr. The van der Waals surface area contributed by atoms with Gasteiger partial charge in [-0.15, -0.1) is 0 Å². The molecule has 0 bridgehead atoms. The summed E-state index contributed by atoms with van der Waals surface area (Å²) in [5, 5.41) is 1.17. The summed E-state index contributed by atoms with van der Waals surface area (Å²) in [6.45, 7) is 9.48. The van der Waals surface area contributed by atoms with Gasteiger partial charge in [-0.1, -0.05) is 75.7 Å². The molecular weight excluding hydrogens is 260 g/mol. The lowest BCUT2D eigenvalue weighted by Crippen LogP contribution is -2.00. The Kier molecular flexibility index (Phi) is 10.9. The molecule has 2 unspecified atom stereocenters. The third kappa shape index (κ3) is 11.0. The molecule has 98 valence electrons. The molecule has 0 aromatic rings. The van der Waals surface area contributed by atoms with Gasteiger partial charge in [0.15, 0.2) is 0 Å².